The number of hydrogen-bond donors (Lipinski definition) is 1. The van der Waals surface area contributed by atoms with Crippen molar-refractivity contribution in [2.45, 2.75) is 26.2 Å². The average molecular weight is 364 g/mol. The molecule has 1 aliphatic heterocycles. The highest BCUT2D eigenvalue weighted by molar-refractivity contribution is 6.13. The Morgan fingerprint density at radius 3 is 2.52 bits per heavy atom. The average Bonchev–Trinajstić information content (AvgIpc) is 3.04. The highest BCUT2D eigenvalue weighted by atomic mass is 16.5. The summed E-state index contributed by atoms with van der Waals surface area (Å²) in [4.78, 5) is 15.3. The molecular weight excluding hydrogens is 340 g/mol. The summed E-state index contributed by atoms with van der Waals surface area (Å²) in [6.07, 6.45) is 3.80. The van der Waals surface area contributed by atoms with Gasteiger partial charge in [-0.3, -0.25) is 4.79 Å². The summed E-state index contributed by atoms with van der Waals surface area (Å²) in [5.41, 5.74) is 3.21. The number of amides is 1. The van der Waals surface area contributed by atoms with E-state index in [9.17, 15) is 4.79 Å². The molecule has 27 heavy (non-hydrogen) atoms. The Morgan fingerprint density at radius 2 is 1.81 bits per heavy atom. The first-order chi connectivity index (χ1) is 13.2. The third-order valence-electron chi connectivity index (χ3n) is 5.14. The predicted octanol–water partition coefficient (Wildman–Crippen LogP) is 4.99. The molecule has 0 radical (unpaired) electrons. The van der Waals surface area contributed by atoms with Crippen LogP contribution in [0, 0.1) is 6.92 Å². The van der Waals surface area contributed by atoms with E-state index in [1.165, 1.54) is 24.9 Å². The molecule has 1 fully saturated rings. The number of anilines is 2. The number of piperidine rings is 1. The number of carbonyl (C=O) groups is 1. The first-order valence-electron chi connectivity index (χ1n) is 9.39. The number of hydrogen-bond acceptors (Lipinski definition) is 4. The van der Waals surface area contributed by atoms with Crippen LogP contribution >= 0.6 is 0 Å². The van der Waals surface area contributed by atoms with E-state index in [2.05, 4.69) is 22.3 Å². The van der Waals surface area contributed by atoms with Crippen LogP contribution in [0.15, 0.2) is 46.9 Å². The maximum atomic E-state index is 12.9. The quantitative estimate of drug-likeness (QED) is 0.708. The van der Waals surface area contributed by atoms with E-state index in [1.807, 2.05) is 30.3 Å². The van der Waals surface area contributed by atoms with E-state index in [-0.39, 0.29) is 5.91 Å². The molecule has 5 heteroatoms. The number of ether oxygens (including phenoxy) is 1. The van der Waals surface area contributed by atoms with Crippen molar-refractivity contribution in [1.29, 1.82) is 0 Å². The fourth-order valence-electron chi connectivity index (χ4n) is 3.71. The fraction of sp³-hybridized carbons (Fsp3) is 0.318. The van der Waals surface area contributed by atoms with Crippen molar-refractivity contribution < 1.29 is 13.9 Å². The smallest absolute Gasteiger partial charge is 0.259 e. The normalized spacial score (nSPS) is 14.4. The lowest BCUT2D eigenvalue weighted by atomic mass is 10.1. The van der Waals surface area contributed by atoms with Crippen LogP contribution in [0.3, 0.4) is 0 Å². The van der Waals surface area contributed by atoms with Gasteiger partial charge in [-0.1, -0.05) is 0 Å². The van der Waals surface area contributed by atoms with Gasteiger partial charge in [0.05, 0.1) is 12.7 Å². The van der Waals surface area contributed by atoms with Crippen LogP contribution in [0.5, 0.6) is 5.75 Å². The van der Waals surface area contributed by atoms with Crippen LogP contribution in [0.1, 0.15) is 35.4 Å². The van der Waals surface area contributed by atoms with Crippen LogP contribution < -0.4 is 15.0 Å². The molecule has 0 spiro atoms. The zero-order valence-corrected chi connectivity index (χ0v) is 15.7. The molecule has 5 nitrogen and oxygen atoms in total. The minimum Gasteiger partial charge on any atom is -0.497 e. The molecule has 1 saturated heterocycles. The summed E-state index contributed by atoms with van der Waals surface area (Å²) in [6.45, 7) is 4.02. The Morgan fingerprint density at radius 1 is 1.07 bits per heavy atom. The highest BCUT2D eigenvalue weighted by Crippen LogP contribution is 2.30. The van der Waals surface area contributed by atoms with Gasteiger partial charge >= 0.3 is 0 Å². The summed E-state index contributed by atoms with van der Waals surface area (Å²) in [5.74, 6) is 1.12. The standard InChI is InChI=1S/C22H24N2O3/c1-15-21(19-14-18(26-2)10-11-20(19)27-15)22(25)23-16-6-8-17(9-7-16)24-12-4-3-5-13-24/h6-11,14H,3-5,12-13H2,1-2H3,(H,23,25). The number of nitrogens with one attached hydrogen (secondary N) is 1. The van der Waals surface area contributed by atoms with Gasteiger partial charge in [-0.05, 0) is 68.7 Å². The molecule has 1 aliphatic rings. The predicted molar refractivity (Wildman–Crippen MR) is 108 cm³/mol. The van der Waals surface area contributed by atoms with Crippen molar-refractivity contribution in [3.63, 3.8) is 0 Å². The van der Waals surface area contributed by atoms with Crippen molar-refractivity contribution in [2.24, 2.45) is 0 Å². The molecular formula is C22H24N2O3. The Bertz CT molecular complexity index is 954. The third kappa shape index (κ3) is 3.50. The maximum Gasteiger partial charge on any atom is 0.259 e. The van der Waals surface area contributed by atoms with Crippen LogP contribution in [0.2, 0.25) is 0 Å². The summed E-state index contributed by atoms with van der Waals surface area (Å²) < 4.78 is 11.0. The minimum absolute atomic E-state index is 0.176. The van der Waals surface area contributed by atoms with Crippen LogP contribution in [-0.2, 0) is 0 Å². The van der Waals surface area contributed by atoms with Gasteiger partial charge in [0, 0.05) is 29.9 Å². The topological polar surface area (TPSA) is 54.7 Å². The lowest BCUT2D eigenvalue weighted by Crippen LogP contribution is -2.29. The van der Waals surface area contributed by atoms with Gasteiger partial charge < -0.3 is 19.4 Å². The molecule has 0 saturated carbocycles. The van der Waals surface area contributed by atoms with Gasteiger partial charge in [0.25, 0.3) is 5.91 Å². The van der Waals surface area contributed by atoms with Gasteiger partial charge in [-0.25, -0.2) is 0 Å². The summed E-state index contributed by atoms with van der Waals surface area (Å²) in [5, 5.41) is 3.75. The zero-order chi connectivity index (χ0) is 18.8. The first kappa shape index (κ1) is 17.5. The number of furan rings is 1. The summed E-state index contributed by atoms with van der Waals surface area (Å²) in [7, 11) is 1.61. The van der Waals surface area contributed by atoms with E-state index >= 15 is 0 Å². The van der Waals surface area contributed by atoms with Gasteiger partial charge in [0.2, 0.25) is 0 Å². The van der Waals surface area contributed by atoms with Crippen LogP contribution in [0.25, 0.3) is 11.0 Å². The van der Waals surface area contributed by atoms with Gasteiger partial charge in [-0.15, -0.1) is 0 Å². The molecule has 0 atom stereocenters. The van der Waals surface area contributed by atoms with E-state index in [1.54, 1.807) is 14.0 Å². The Kier molecular flexibility index (Phi) is 4.75. The molecule has 3 aromatic rings. The maximum absolute atomic E-state index is 12.9. The van der Waals surface area contributed by atoms with Crippen molar-refractivity contribution in [3.05, 3.63) is 53.8 Å². The highest BCUT2D eigenvalue weighted by Gasteiger charge is 2.19. The van der Waals surface area contributed by atoms with E-state index < -0.39 is 0 Å². The van der Waals surface area contributed by atoms with E-state index in [4.69, 9.17) is 9.15 Å². The lowest BCUT2D eigenvalue weighted by molar-refractivity contribution is 0.102. The van der Waals surface area contributed by atoms with E-state index in [0.717, 1.165) is 24.2 Å². The Hall–Kier alpha value is -2.95. The number of rotatable bonds is 4. The molecule has 2 heterocycles. The monoisotopic (exact) mass is 364 g/mol. The number of benzene rings is 2. The zero-order valence-electron chi connectivity index (χ0n) is 15.7. The lowest BCUT2D eigenvalue weighted by Gasteiger charge is -2.28. The summed E-state index contributed by atoms with van der Waals surface area (Å²) >= 11 is 0. The molecule has 4 rings (SSSR count). The number of fused-ring (bicyclic) bond motifs is 1. The number of aryl methyl sites for hydroxylation is 1. The minimum atomic E-state index is -0.176. The third-order valence-corrected chi connectivity index (χ3v) is 5.14. The molecule has 2 aromatic carbocycles. The number of methoxy groups -OCH3 is 1. The Labute approximate surface area is 158 Å². The second-order valence-electron chi connectivity index (χ2n) is 6.94. The fourth-order valence-corrected chi connectivity index (χ4v) is 3.71. The summed E-state index contributed by atoms with van der Waals surface area (Å²) in [6, 6.07) is 13.5. The van der Waals surface area contributed by atoms with Gasteiger partial charge in [0.1, 0.15) is 17.1 Å². The molecule has 0 unspecified atom stereocenters. The number of nitrogens with zero attached hydrogens (tertiary/aromatic N) is 1. The molecule has 1 N–H and O–H groups in total. The van der Waals surface area contributed by atoms with Crippen molar-refractivity contribution >= 4 is 28.3 Å². The second kappa shape index (κ2) is 7.35. The van der Waals surface area contributed by atoms with Crippen LogP contribution in [-0.4, -0.2) is 26.1 Å². The van der Waals surface area contributed by atoms with Crippen molar-refractivity contribution in [2.75, 3.05) is 30.4 Å². The van der Waals surface area contributed by atoms with Gasteiger partial charge in [0.15, 0.2) is 0 Å². The second-order valence-corrected chi connectivity index (χ2v) is 6.94. The Balaban J connectivity index is 1.55. The van der Waals surface area contributed by atoms with Crippen molar-refractivity contribution in [3.8, 4) is 5.75 Å². The SMILES string of the molecule is COc1ccc2oc(C)c(C(=O)Nc3ccc(N4CCCCC4)cc3)c2c1. The van der Waals surface area contributed by atoms with Crippen molar-refractivity contribution in [1.82, 2.24) is 0 Å². The molecule has 140 valence electrons. The molecule has 0 aliphatic carbocycles. The first-order valence-corrected chi connectivity index (χ1v) is 9.39. The number of carbonyl (C=O) groups excluding carboxylic acids is 1. The van der Waals surface area contributed by atoms with Crippen LogP contribution in [0.4, 0.5) is 11.4 Å². The van der Waals surface area contributed by atoms with E-state index in [0.29, 0.717) is 22.7 Å². The molecule has 0 bridgehead atoms. The largest absolute Gasteiger partial charge is 0.497 e. The molecule has 1 aromatic heterocycles. The molecule has 1 amide bonds. The van der Waals surface area contributed by atoms with Gasteiger partial charge in [-0.2, -0.15) is 0 Å².